The van der Waals surface area contributed by atoms with E-state index in [2.05, 4.69) is 0 Å². The van der Waals surface area contributed by atoms with Crippen molar-refractivity contribution in [1.29, 1.82) is 0 Å². The van der Waals surface area contributed by atoms with E-state index < -0.39 is 12.0 Å². The van der Waals surface area contributed by atoms with Gasteiger partial charge in [0.05, 0.1) is 0 Å². The van der Waals surface area contributed by atoms with E-state index in [1.165, 1.54) is 0 Å². The van der Waals surface area contributed by atoms with Gasteiger partial charge in [0.2, 0.25) is 0 Å². The van der Waals surface area contributed by atoms with Crippen LogP contribution in [-0.4, -0.2) is 17.9 Å². The van der Waals surface area contributed by atoms with Crippen LogP contribution in [0.3, 0.4) is 0 Å². The van der Waals surface area contributed by atoms with Gasteiger partial charge in [-0.25, -0.2) is 0 Å². The van der Waals surface area contributed by atoms with Crippen molar-refractivity contribution in [2.24, 2.45) is 0 Å². The van der Waals surface area contributed by atoms with Crippen LogP contribution in [-0.2, 0) is 14.3 Å². The fourth-order valence-electron chi connectivity index (χ4n) is 3.45. The number of Topliss-reactive ketones (excluding diaryl/α,β-unsaturated/α-hetero) is 1. The fraction of sp³-hybridized carbons (Fsp3) is 0.300. The van der Waals surface area contributed by atoms with Crippen molar-refractivity contribution in [3.05, 3.63) is 59.7 Å². The van der Waals surface area contributed by atoms with Gasteiger partial charge in [0.1, 0.15) is 17.4 Å². The third kappa shape index (κ3) is 2.58. The number of hydrogen-bond acceptors (Lipinski definition) is 4. The molecule has 2 aliphatic rings. The molecule has 1 aliphatic heterocycles. The van der Waals surface area contributed by atoms with Crippen LogP contribution in [0.15, 0.2) is 48.5 Å². The average molecular weight is 322 g/mol. The number of ketones is 1. The van der Waals surface area contributed by atoms with Gasteiger partial charge in [0.15, 0.2) is 11.9 Å². The van der Waals surface area contributed by atoms with Gasteiger partial charge in [-0.3, -0.25) is 9.59 Å². The number of benzene rings is 2. The lowest BCUT2D eigenvalue weighted by Gasteiger charge is -2.29. The van der Waals surface area contributed by atoms with Crippen molar-refractivity contribution in [2.75, 3.05) is 0 Å². The lowest BCUT2D eigenvalue weighted by atomic mass is 9.88. The van der Waals surface area contributed by atoms with E-state index in [0.29, 0.717) is 24.3 Å². The van der Waals surface area contributed by atoms with Crippen LogP contribution in [0.4, 0.5) is 0 Å². The second-order valence-corrected chi connectivity index (χ2v) is 6.25. The largest absolute Gasteiger partial charge is 0.457 e. The smallest absolute Gasteiger partial charge is 0.318 e. The van der Waals surface area contributed by atoms with Gasteiger partial charge in [-0.05, 0) is 31.4 Å². The highest BCUT2D eigenvalue weighted by Crippen LogP contribution is 2.44. The summed E-state index contributed by atoms with van der Waals surface area (Å²) in [7, 11) is 0. The standard InChI is InChI=1S/C20H18O4/c21-15-9-3-6-12-18(15)24-20(22)19-13-7-1-4-10-16(13)23-17-11-5-2-8-14(17)19/h1-2,4-5,7-8,10-11,18-19H,3,6,9,12H2/t18-/m0/s1. The van der Waals surface area contributed by atoms with Crippen LogP contribution in [0, 0.1) is 0 Å². The molecule has 1 aliphatic carbocycles. The highest BCUT2D eigenvalue weighted by molar-refractivity contribution is 5.90. The van der Waals surface area contributed by atoms with Crippen LogP contribution in [0.2, 0.25) is 0 Å². The Bertz CT molecular complexity index is 750. The minimum absolute atomic E-state index is 0.0308. The molecule has 0 N–H and O–H groups in total. The topological polar surface area (TPSA) is 52.6 Å². The quantitative estimate of drug-likeness (QED) is 0.785. The fourth-order valence-corrected chi connectivity index (χ4v) is 3.45. The first-order chi connectivity index (χ1) is 11.7. The Labute approximate surface area is 140 Å². The maximum Gasteiger partial charge on any atom is 0.318 e. The lowest BCUT2D eigenvalue weighted by Crippen LogP contribution is -2.33. The number of fused-ring (bicyclic) bond motifs is 2. The molecule has 122 valence electrons. The van der Waals surface area contributed by atoms with E-state index >= 15 is 0 Å². The molecule has 1 atom stereocenters. The lowest BCUT2D eigenvalue weighted by molar-refractivity contribution is -0.157. The maximum atomic E-state index is 12.9. The Morgan fingerprint density at radius 2 is 1.58 bits per heavy atom. The van der Waals surface area contributed by atoms with Crippen molar-refractivity contribution in [3.8, 4) is 11.5 Å². The van der Waals surface area contributed by atoms with E-state index in [1.807, 2.05) is 48.5 Å². The number of rotatable bonds is 2. The van der Waals surface area contributed by atoms with Crippen molar-refractivity contribution < 1.29 is 19.1 Å². The van der Waals surface area contributed by atoms with E-state index in [1.54, 1.807) is 0 Å². The summed E-state index contributed by atoms with van der Waals surface area (Å²) >= 11 is 0. The molecule has 0 bridgehead atoms. The number of hydrogen-bond donors (Lipinski definition) is 0. The van der Waals surface area contributed by atoms with Gasteiger partial charge < -0.3 is 9.47 Å². The van der Waals surface area contributed by atoms with Crippen molar-refractivity contribution in [3.63, 3.8) is 0 Å². The van der Waals surface area contributed by atoms with Gasteiger partial charge in [-0.15, -0.1) is 0 Å². The predicted octanol–water partition coefficient (Wildman–Crippen LogP) is 3.98. The van der Waals surface area contributed by atoms with Crippen LogP contribution in [0.1, 0.15) is 42.7 Å². The van der Waals surface area contributed by atoms with E-state index in [0.717, 1.165) is 24.0 Å². The molecule has 2 aromatic rings. The summed E-state index contributed by atoms with van der Waals surface area (Å²) in [4.78, 5) is 24.9. The summed E-state index contributed by atoms with van der Waals surface area (Å²) in [5.41, 5.74) is 1.56. The second-order valence-electron chi connectivity index (χ2n) is 6.25. The molecule has 0 aromatic heterocycles. The first-order valence-corrected chi connectivity index (χ1v) is 8.33. The van der Waals surface area contributed by atoms with Crippen LogP contribution >= 0.6 is 0 Å². The summed E-state index contributed by atoms with van der Waals surface area (Å²) in [6.45, 7) is 0. The molecule has 0 spiro atoms. The molecule has 2 aromatic carbocycles. The van der Waals surface area contributed by atoms with Crippen LogP contribution in [0.5, 0.6) is 11.5 Å². The minimum atomic E-state index is -0.603. The Kier molecular flexibility index (Phi) is 3.81. The van der Waals surface area contributed by atoms with Crippen molar-refractivity contribution in [2.45, 2.75) is 37.7 Å². The zero-order valence-corrected chi connectivity index (χ0v) is 13.2. The highest BCUT2D eigenvalue weighted by atomic mass is 16.5. The third-order valence-electron chi connectivity index (χ3n) is 4.67. The molecule has 0 saturated heterocycles. The molecule has 0 amide bonds. The molecule has 4 heteroatoms. The van der Waals surface area contributed by atoms with Gasteiger partial charge in [0, 0.05) is 17.5 Å². The minimum Gasteiger partial charge on any atom is -0.457 e. The molecule has 24 heavy (non-hydrogen) atoms. The predicted molar refractivity (Wildman–Crippen MR) is 88.2 cm³/mol. The molecule has 4 nitrogen and oxygen atoms in total. The molecular weight excluding hydrogens is 304 g/mol. The number of carbonyl (C=O) groups is 2. The van der Waals surface area contributed by atoms with Gasteiger partial charge in [-0.1, -0.05) is 36.4 Å². The van der Waals surface area contributed by atoms with Crippen LogP contribution < -0.4 is 4.74 Å². The molecule has 0 radical (unpaired) electrons. The van der Waals surface area contributed by atoms with Crippen molar-refractivity contribution in [1.82, 2.24) is 0 Å². The highest BCUT2D eigenvalue weighted by Gasteiger charge is 2.36. The first kappa shape index (κ1) is 14.9. The summed E-state index contributed by atoms with van der Waals surface area (Å²) in [5.74, 6) is 0.420. The van der Waals surface area contributed by atoms with Gasteiger partial charge in [-0.2, -0.15) is 0 Å². The normalized spacial score (nSPS) is 19.8. The average Bonchev–Trinajstić information content (AvgIpc) is 2.61. The molecule has 1 heterocycles. The molecular formula is C20H18O4. The molecule has 4 rings (SSSR count). The number of para-hydroxylation sites is 2. The number of esters is 1. The Balaban J connectivity index is 1.69. The maximum absolute atomic E-state index is 12.9. The Hall–Kier alpha value is -2.62. The first-order valence-electron chi connectivity index (χ1n) is 8.33. The molecule has 1 fully saturated rings. The summed E-state index contributed by atoms with van der Waals surface area (Å²) in [6.07, 6.45) is 2.32. The Morgan fingerprint density at radius 3 is 2.21 bits per heavy atom. The SMILES string of the molecule is O=C(O[C@H]1CCCCC1=O)C1c2ccccc2Oc2ccccc21. The number of ether oxygens (including phenoxy) is 2. The van der Waals surface area contributed by atoms with Crippen molar-refractivity contribution >= 4 is 11.8 Å². The Morgan fingerprint density at radius 1 is 0.958 bits per heavy atom. The molecule has 1 saturated carbocycles. The zero-order chi connectivity index (χ0) is 16.5. The van der Waals surface area contributed by atoms with E-state index in [-0.39, 0.29) is 11.8 Å². The summed E-state index contributed by atoms with van der Waals surface area (Å²) in [6, 6.07) is 14.9. The second kappa shape index (κ2) is 6.11. The van der Waals surface area contributed by atoms with E-state index in [4.69, 9.17) is 9.47 Å². The summed E-state index contributed by atoms with van der Waals surface area (Å²) in [5, 5.41) is 0. The van der Waals surface area contributed by atoms with E-state index in [9.17, 15) is 9.59 Å². The molecule has 0 unspecified atom stereocenters. The number of carbonyl (C=O) groups excluding carboxylic acids is 2. The monoisotopic (exact) mass is 322 g/mol. The van der Waals surface area contributed by atoms with Gasteiger partial charge in [0.25, 0.3) is 0 Å². The summed E-state index contributed by atoms with van der Waals surface area (Å²) < 4.78 is 11.5. The van der Waals surface area contributed by atoms with Gasteiger partial charge >= 0.3 is 5.97 Å². The zero-order valence-electron chi connectivity index (χ0n) is 13.2. The third-order valence-corrected chi connectivity index (χ3v) is 4.67. The van der Waals surface area contributed by atoms with Crippen LogP contribution in [0.25, 0.3) is 0 Å².